The summed E-state index contributed by atoms with van der Waals surface area (Å²) in [6.07, 6.45) is 12.2. The SMILES string of the molecule is C1CC1.CNC1CCCC(c2ccc(-c3ccc(C(=O)O)cc3)cc2)CCC1.O=COCc1ccccc1. The Bertz CT molecular complexity index is 1070. The van der Waals surface area contributed by atoms with Crippen LogP contribution < -0.4 is 5.32 Å². The molecule has 0 aliphatic heterocycles. The Morgan fingerprint density at radius 2 is 1.37 bits per heavy atom. The van der Waals surface area contributed by atoms with E-state index in [0.717, 1.165) is 16.7 Å². The minimum Gasteiger partial charge on any atom is -0.478 e. The molecule has 0 amide bonds. The standard InChI is InChI=1S/C22H27NO2.C8H8O2.C3H6/c1-23-21-6-2-4-16(5-3-7-21)17-8-10-18(11-9-17)19-12-14-20(15-13-19)22(24)25;9-7-10-6-8-4-2-1-3-5-8;1-2-3-1/h8-16,21,23H,2-7H2,1H3,(H,24,25);1-5,7H,6H2;1-3H2. The molecule has 3 aromatic carbocycles. The zero-order chi connectivity index (χ0) is 27.0. The summed E-state index contributed by atoms with van der Waals surface area (Å²) in [5.74, 6) is -0.215. The van der Waals surface area contributed by atoms with Gasteiger partial charge in [0.05, 0.1) is 5.56 Å². The number of carboxylic acid groups (broad SMARTS) is 1. The Morgan fingerprint density at radius 3 is 1.84 bits per heavy atom. The molecule has 0 bridgehead atoms. The largest absolute Gasteiger partial charge is 0.478 e. The first-order valence-electron chi connectivity index (χ1n) is 13.8. The fourth-order valence-corrected chi connectivity index (χ4v) is 4.59. The third-order valence-corrected chi connectivity index (χ3v) is 6.98. The summed E-state index contributed by atoms with van der Waals surface area (Å²) >= 11 is 0. The molecule has 2 saturated carbocycles. The zero-order valence-corrected chi connectivity index (χ0v) is 22.5. The molecule has 0 unspecified atom stereocenters. The first-order chi connectivity index (χ1) is 18.6. The Hall–Kier alpha value is -3.44. The van der Waals surface area contributed by atoms with Crippen LogP contribution in [0.4, 0.5) is 0 Å². The van der Waals surface area contributed by atoms with Gasteiger partial charge >= 0.3 is 5.97 Å². The lowest BCUT2D eigenvalue weighted by Crippen LogP contribution is -2.26. The number of ether oxygens (including phenoxy) is 1. The topological polar surface area (TPSA) is 75.6 Å². The average Bonchev–Trinajstić information content (AvgIpc) is 3.83. The summed E-state index contributed by atoms with van der Waals surface area (Å²) in [5.41, 5.74) is 4.98. The van der Waals surface area contributed by atoms with Crippen LogP contribution in [0, 0.1) is 0 Å². The molecule has 3 aromatic rings. The van der Waals surface area contributed by atoms with Crippen LogP contribution in [0.15, 0.2) is 78.9 Å². The number of rotatable bonds is 7. The van der Waals surface area contributed by atoms with Gasteiger partial charge in [-0.3, -0.25) is 4.79 Å². The number of carboxylic acids is 1. The number of benzene rings is 3. The summed E-state index contributed by atoms with van der Waals surface area (Å²) in [6, 6.07) is 26.2. The maximum absolute atomic E-state index is 11.0. The fraction of sp³-hybridized carbons (Fsp3) is 0.394. The number of hydrogen-bond donors (Lipinski definition) is 2. The molecule has 2 aliphatic carbocycles. The third kappa shape index (κ3) is 10.5. The highest BCUT2D eigenvalue weighted by Crippen LogP contribution is 2.32. The van der Waals surface area contributed by atoms with E-state index in [0.29, 0.717) is 30.6 Å². The molecule has 38 heavy (non-hydrogen) atoms. The van der Waals surface area contributed by atoms with E-state index >= 15 is 0 Å². The van der Waals surface area contributed by atoms with Crippen molar-refractivity contribution in [3.05, 3.63) is 95.6 Å². The second-order valence-electron chi connectivity index (χ2n) is 10.0. The number of hydrogen-bond acceptors (Lipinski definition) is 4. The van der Waals surface area contributed by atoms with Crippen LogP contribution in [0.2, 0.25) is 0 Å². The predicted octanol–water partition coefficient (Wildman–Crippen LogP) is 7.61. The zero-order valence-electron chi connectivity index (χ0n) is 22.5. The van der Waals surface area contributed by atoms with Crippen LogP contribution in [0.25, 0.3) is 11.1 Å². The van der Waals surface area contributed by atoms with Crippen molar-refractivity contribution in [2.45, 2.75) is 76.4 Å². The van der Waals surface area contributed by atoms with Gasteiger partial charge in [-0.05, 0) is 73.0 Å². The maximum atomic E-state index is 11.0. The second kappa shape index (κ2) is 16.4. The van der Waals surface area contributed by atoms with E-state index < -0.39 is 5.97 Å². The minimum atomic E-state index is -0.883. The van der Waals surface area contributed by atoms with Gasteiger partial charge in [0, 0.05) is 6.04 Å². The lowest BCUT2D eigenvalue weighted by Gasteiger charge is -2.24. The predicted molar refractivity (Wildman–Crippen MR) is 153 cm³/mol. The highest BCUT2D eigenvalue weighted by Gasteiger charge is 2.17. The highest BCUT2D eigenvalue weighted by molar-refractivity contribution is 5.88. The number of nitrogens with one attached hydrogen (secondary N) is 1. The Labute approximate surface area is 227 Å². The van der Waals surface area contributed by atoms with Crippen molar-refractivity contribution in [2.75, 3.05) is 7.05 Å². The summed E-state index contributed by atoms with van der Waals surface area (Å²) in [6.45, 7) is 0.817. The first-order valence-corrected chi connectivity index (χ1v) is 13.8. The molecule has 0 aromatic heterocycles. The molecule has 202 valence electrons. The number of aromatic carboxylic acids is 1. The molecule has 0 heterocycles. The van der Waals surface area contributed by atoms with E-state index in [-0.39, 0.29) is 0 Å². The van der Waals surface area contributed by atoms with E-state index in [1.807, 2.05) is 42.5 Å². The van der Waals surface area contributed by atoms with Crippen LogP contribution >= 0.6 is 0 Å². The van der Waals surface area contributed by atoms with Gasteiger partial charge in [0.2, 0.25) is 0 Å². The molecule has 0 spiro atoms. The molecule has 2 aliphatic rings. The van der Waals surface area contributed by atoms with E-state index in [1.165, 1.54) is 63.4 Å². The second-order valence-corrected chi connectivity index (χ2v) is 10.0. The molecule has 5 rings (SSSR count). The maximum Gasteiger partial charge on any atom is 0.335 e. The Morgan fingerprint density at radius 1 is 0.816 bits per heavy atom. The van der Waals surface area contributed by atoms with Gasteiger partial charge in [0.25, 0.3) is 6.47 Å². The molecular formula is C33H41NO4. The van der Waals surface area contributed by atoms with Gasteiger partial charge in [-0.15, -0.1) is 0 Å². The van der Waals surface area contributed by atoms with Crippen LogP contribution in [0.5, 0.6) is 0 Å². The lowest BCUT2D eigenvalue weighted by molar-refractivity contribution is -0.129. The van der Waals surface area contributed by atoms with E-state index in [2.05, 4.69) is 41.4 Å². The van der Waals surface area contributed by atoms with Gasteiger partial charge in [-0.1, -0.05) is 98.8 Å². The van der Waals surface area contributed by atoms with Crippen LogP contribution in [-0.2, 0) is 16.1 Å². The quantitative estimate of drug-likeness (QED) is 0.317. The van der Waals surface area contributed by atoms with Crippen molar-refractivity contribution in [3.63, 3.8) is 0 Å². The summed E-state index contributed by atoms with van der Waals surface area (Å²) in [5, 5.41) is 12.4. The smallest absolute Gasteiger partial charge is 0.335 e. The molecule has 0 saturated heterocycles. The summed E-state index contributed by atoms with van der Waals surface area (Å²) in [7, 11) is 2.07. The van der Waals surface area contributed by atoms with Crippen molar-refractivity contribution in [2.24, 2.45) is 0 Å². The third-order valence-electron chi connectivity index (χ3n) is 6.98. The Kier molecular flexibility index (Phi) is 12.6. The normalized spacial score (nSPS) is 18.2. The minimum absolute atomic E-state index is 0.328. The lowest BCUT2D eigenvalue weighted by atomic mass is 9.84. The van der Waals surface area contributed by atoms with Crippen LogP contribution in [0.1, 0.15) is 85.2 Å². The Balaban J connectivity index is 0.000000252. The van der Waals surface area contributed by atoms with Crippen LogP contribution in [-0.4, -0.2) is 30.6 Å². The van der Waals surface area contributed by atoms with Crippen molar-refractivity contribution in [3.8, 4) is 11.1 Å². The number of carbonyl (C=O) groups is 2. The summed E-state index contributed by atoms with van der Waals surface area (Å²) < 4.78 is 4.54. The first kappa shape index (κ1) is 29.1. The van der Waals surface area contributed by atoms with E-state index in [1.54, 1.807) is 12.1 Å². The van der Waals surface area contributed by atoms with E-state index in [4.69, 9.17) is 5.11 Å². The molecular weight excluding hydrogens is 474 g/mol. The number of carbonyl (C=O) groups excluding carboxylic acids is 1. The highest BCUT2D eigenvalue weighted by atomic mass is 16.5. The van der Waals surface area contributed by atoms with Gasteiger partial charge in [0.1, 0.15) is 6.61 Å². The van der Waals surface area contributed by atoms with Crippen molar-refractivity contribution in [1.29, 1.82) is 0 Å². The fourth-order valence-electron chi connectivity index (χ4n) is 4.59. The van der Waals surface area contributed by atoms with Gasteiger partial charge in [-0.2, -0.15) is 0 Å². The van der Waals surface area contributed by atoms with Crippen molar-refractivity contribution in [1.82, 2.24) is 5.32 Å². The molecule has 2 fully saturated rings. The molecule has 0 radical (unpaired) electrons. The average molecular weight is 516 g/mol. The molecule has 5 nitrogen and oxygen atoms in total. The van der Waals surface area contributed by atoms with Crippen molar-refractivity contribution >= 4 is 12.4 Å². The van der Waals surface area contributed by atoms with Crippen LogP contribution in [0.3, 0.4) is 0 Å². The molecule has 2 N–H and O–H groups in total. The van der Waals surface area contributed by atoms with Crippen molar-refractivity contribution < 1.29 is 19.4 Å². The molecule has 5 heteroatoms. The van der Waals surface area contributed by atoms with Gasteiger partial charge in [-0.25, -0.2) is 4.79 Å². The van der Waals surface area contributed by atoms with E-state index in [9.17, 15) is 9.59 Å². The summed E-state index contributed by atoms with van der Waals surface area (Å²) in [4.78, 5) is 20.7. The van der Waals surface area contributed by atoms with Gasteiger partial charge < -0.3 is 15.2 Å². The molecule has 0 atom stereocenters. The monoisotopic (exact) mass is 515 g/mol. The van der Waals surface area contributed by atoms with Gasteiger partial charge in [0.15, 0.2) is 0 Å².